The Kier molecular flexibility index (Phi) is 2.88. The normalized spacial score (nSPS) is 16.3. The van der Waals surface area contributed by atoms with E-state index in [1.54, 1.807) is 0 Å². The first-order valence-corrected chi connectivity index (χ1v) is 5.38. The van der Waals surface area contributed by atoms with Crippen LogP contribution >= 0.6 is 11.8 Å². The van der Waals surface area contributed by atoms with E-state index in [0.29, 0.717) is 5.25 Å². The number of hydrogen-bond donors (Lipinski definition) is 0. The van der Waals surface area contributed by atoms with E-state index in [4.69, 9.17) is 0 Å². The van der Waals surface area contributed by atoms with Crippen LogP contribution < -0.4 is 0 Å². The molecule has 1 heteroatoms. The standard InChI is InChI=1S/C12H12S/c1-3-7-11(8-4-1)13-12-9-5-2-6-10-12/h1,3-10,12H,2H2. The van der Waals surface area contributed by atoms with Crippen LogP contribution in [0, 0.1) is 0 Å². The molecular weight excluding hydrogens is 176 g/mol. The molecule has 1 aliphatic rings. The summed E-state index contributed by atoms with van der Waals surface area (Å²) in [7, 11) is 0. The molecule has 1 aliphatic carbocycles. The van der Waals surface area contributed by atoms with Gasteiger partial charge in [0.15, 0.2) is 0 Å². The molecule has 13 heavy (non-hydrogen) atoms. The van der Waals surface area contributed by atoms with E-state index in [1.807, 2.05) is 11.8 Å². The molecule has 0 N–H and O–H groups in total. The van der Waals surface area contributed by atoms with Gasteiger partial charge in [0.05, 0.1) is 0 Å². The molecule has 0 radical (unpaired) electrons. The van der Waals surface area contributed by atoms with Crippen LogP contribution in [0.2, 0.25) is 0 Å². The molecule has 0 atom stereocenters. The first kappa shape index (κ1) is 8.64. The molecule has 0 saturated carbocycles. The molecule has 66 valence electrons. The van der Waals surface area contributed by atoms with Crippen LogP contribution in [0.15, 0.2) is 59.5 Å². The monoisotopic (exact) mass is 188 g/mol. The van der Waals surface area contributed by atoms with Crippen LogP contribution in [-0.4, -0.2) is 5.25 Å². The van der Waals surface area contributed by atoms with Crippen LogP contribution in [0.1, 0.15) is 6.42 Å². The van der Waals surface area contributed by atoms with Gasteiger partial charge in [-0.05, 0) is 18.6 Å². The average molecular weight is 188 g/mol. The van der Waals surface area contributed by atoms with Crippen molar-refractivity contribution in [2.75, 3.05) is 0 Å². The topological polar surface area (TPSA) is 0 Å². The Morgan fingerprint density at radius 2 is 1.69 bits per heavy atom. The largest absolute Gasteiger partial charge is 0.114 e. The quantitative estimate of drug-likeness (QED) is 0.638. The van der Waals surface area contributed by atoms with Gasteiger partial charge in [-0.1, -0.05) is 42.5 Å². The fraction of sp³-hybridized carbons (Fsp3) is 0.167. The highest BCUT2D eigenvalue weighted by molar-refractivity contribution is 8.00. The Balaban J connectivity index is 2.02. The second-order valence-electron chi connectivity index (χ2n) is 2.99. The number of thioether (sulfide) groups is 1. The summed E-state index contributed by atoms with van der Waals surface area (Å²) in [6, 6.07) is 10.5. The van der Waals surface area contributed by atoms with E-state index < -0.39 is 0 Å². The zero-order valence-corrected chi connectivity index (χ0v) is 8.21. The number of benzene rings is 1. The minimum atomic E-state index is 0.524. The van der Waals surface area contributed by atoms with Crippen molar-refractivity contribution in [2.45, 2.75) is 16.6 Å². The molecule has 0 amide bonds. The van der Waals surface area contributed by atoms with Gasteiger partial charge < -0.3 is 0 Å². The van der Waals surface area contributed by atoms with E-state index in [-0.39, 0.29) is 0 Å². The molecular formula is C12H12S. The van der Waals surface area contributed by atoms with E-state index >= 15 is 0 Å². The van der Waals surface area contributed by atoms with Crippen molar-refractivity contribution in [3.05, 3.63) is 54.6 Å². The summed E-state index contributed by atoms with van der Waals surface area (Å²) in [5.41, 5.74) is 0. The van der Waals surface area contributed by atoms with Gasteiger partial charge in [0, 0.05) is 10.1 Å². The predicted molar refractivity (Wildman–Crippen MR) is 59.0 cm³/mol. The average Bonchev–Trinajstić information content (AvgIpc) is 2.21. The third-order valence-corrected chi connectivity index (χ3v) is 3.07. The predicted octanol–water partition coefficient (Wildman–Crippen LogP) is 3.66. The summed E-state index contributed by atoms with van der Waals surface area (Å²) in [5.74, 6) is 0. The molecule has 1 aromatic rings. The lowest BCUT2D eigenvalue weighted by atomic mass is 10.2. The number of allylic oxidation sites excluding steroid dienone is 2. The molecule has 0 fully saturated rings. The van der Waals surface area contributed by atoms with Crippen molar-refractivity contribution in [3.63, 3.8) is 0 Å². The minimum Gasteiger partial charge on any atom is -0.114 e. The molecule has 0 bridgehead atoms. The van der Waals surface area contributed by atoms with Gasteiger partial charge in [-0.15, -0.1) is 11.8 Å². The van der Waals surface area contributed by atoms with Gasteiger partial charge in [-0.25, -0.2) is 0 Å². The van der Waals surface area contributed by atoms with Crippen molar-refractivity contribution in [3.8, 4) is 0 Å². The molecule has 2 rings (SSSR count). The van der Waals surface area contributed by atoms with Crippen LogP contribution in [-0.2, 0) is 0 Å². The summed E-state index contributed by atoms with van der Waals surface area (Å²) in [5, 5.41) is 0.524. The molecule has 0 aromatic heterocycles. The maximum atomic E-state index is 2.26. The first-order valence-electron chi connectivity index (χ1n) is 4.50. The first-order chi connectivity index (χ1) is 6.45. The van der Waals surface area contributed by atoms with Crippen molar-refractivity contribution in [1.29, 1.82) is 0 Å². The second-order valence-corrected chi connectivity index (χ2v) is 4.24. The van der Waals surface area contributed by atoms with E-state index in [1.165, 1.54) is 4.90 Å². The molecule has 0 heterocycles. The van der Waals surface area contributed by atoms with Gasteiger partial charge >= 0.3 is 0 Å². The highest BCUT2D eigenvalue weighted by atomic mass is 32.2. The van der Waals surface area contributed by atoms with Gasteiger partial charge in [0.25, 0.3) is 0 Å². The van der Waals surface area contributed by atoms with Gasteiger partial charge in [0.2, 0.25) is 0 Å². The van der Waals surface area contributed by atoms with E-state index in [0.717, 1.165) is 6.42 Å². The summed E-state index contributed by atoms with van der Waals surface area (Å²) in [4.78, 5) is 1.34. The van der Waals surface area contributed by atoms with Crippen LogP contribution in [0.5, 0.6) is 0 Å². The lowest BCUT2D eigenvalue weighted by Crippen LogP contribution is -1.95. The highest BCUT2D eigenvalue weighted by Crippen LogP contribution is 2.26. The zero-order valence-electron chi connectivity index (χ0n) is 7.39. The van der Waals surface area contributed by atoms with E-state index in [9.17, 15) is 0 Å². The van der Waals surface area contributed by atoms with Crippen molar-refractivity contribution in [1.82, 2.24) is 0 Å². The second kappa shape index (κ2) is 4.33. The Morgan fingerprint density at radius 3 is 2.38 bits per heavy atom. The van der Waals surface area contributed by atoms with E-state index in [2.05, 4.69) is 54.6 Å². The third kappa shape index (κ3) is 2.49. The van der Waals surface area contributed by atoms with Gasteiger partial charge in [0.1, 0.15) is 0 Å². The van der Waals surface area contributed by atoms with Gasteiger partial charge in [-0.2, -0.15) is 0 Å². The number of hydrogen-bond acceptors (Lipinski definition) is 1. The fourth-order valence-electron chi connectivity index (χ4n) is 1.30. The number of rotatable bonds is 2. The Morgan fingerprint density at radius 1 is 1.00 bits per heavy atom. The van der Waals surface area contributed by atoms with Crippen molar-refractivity contribution in [2.24, 2.45) is 0 Å². The van der Waals surface area contributed by atoms with Crippen LogP contribution in [0.4, 0.5) is 0 Å². The molecule has 1 aromatic carbocycles. The Bertz CT molecular complexity index is 299. The molecule has 0 unspecified atom stereocenters. The molecule has 0 spiro atoms. The van der Waals surface area contributed by atoms with Crippen LogP contribution in [0.3, 0.4) is 0 Å². The maximum Gasteiger partial charge on any atom is 0.0455 e. The SMILES string of the molecule is C1=CC(Sc2ccccc2)C=CC1. The molecule has 0 aliphatic heterocycles. The highest BCUT2D eigenvalue weighted by Gasteiger charge is 2.03. The van der Waals surface area contributed by atoms with Crippen LogP contribution in [0.25, 0.3) is 0 Å². The lowest BCUT2D eigenvalue weighted by Gasteiger charge is -2.09. The smallest absolute Gasteiger partial charge is 0.0455 e. The summed E-state index contributed by atoms with van der Waals surface area (Å²) in [6.45, 7) is 0. The summed E-state index contributed by atoms with van der Waals surface area (Å²) >= 11 is 1.89. The minimum absolute atomic E-state index is 0.524. The zero-order chi connectivity index (χ0) is 8.93. The Hall–Kier alpha value is -0.950. The van der Waals surface area contributed by atoms with Gasteiger partial charge in [-0.3, -0.25) is 0 Å². The Labute approximate surface area is 83.4 Å². The molecule has 0 nitrogen and oxygen atoms in total. The third-order valence-electron chi connectivity index (χ3n) is 1.94. The fourth-order valence-corrected chi connectivity index (χ4v) is 2.31. The maximum absolute atomic E-state index is 2.26. The summed E-state index contributed by atoms with van der Waals surface area (Å²) < 4.78 is 0. The lowest BCUT2D eigenvalue weighted by molar-refractivity contribution is 1.24. The molecule has 0 saturated heterocycles. The van der Waals surface area contributed by atoms with Crippen molar-refractivity contribution < 1.29 is 0 Å². The summed E-state index contributed by atoms with van der Waals surface area (Å²) in [6.07, 6.45) is 10.1. The van der Waals surface area contributed by atoms with Crippen molar-refractivity contribution >= 4 is 11.8 Å².